The number of benzene rings is 1. The average molecular weight is 268 g/mol. The summed E-state index contributed by atoms with van der Waals surface area (Å²) in [6.45, 7) is 0. The van der Waals surface area contributed by atoms with E-state index in [9.17, 15) is 13.6 Å². The van der Waals surface area contributed by atoms with Gasteiger partial charge in [0.25, 0.3) is 0 Å². The summed E-state index contributed by atoms with van der Waals surface area (Å²) in [6.07, 6.45) is 1.99. The lowest BCUT2D eigenvalue weighted by Gasteiger charge is -2.02. The highest BCUT2D eigenvalue weighted by Crippen LogP contribution is 2.26. The van der Waals surface area contributed by atoms with Crippen molar-refractivity contribution in [3.8, 4) is 0 Å². The Morgan fingerprint density at radius 1 is 1.22 bits per heavy atom. The first-order valence-corrected chi connectivity index (χ1v) is 5.56. The van der Waals surface area contributed by atoms with E-state index >= 15 is 0 Å². The Labute approximate surface area is 105 Å². The first-order chi connectivity index (χ1) is 8.56. The second-order valence-corrected chi connectivity index (χ2v) is 4.27. The molecule has 0 radical (unpaired) electrons. The topological polar surface area (TPSA) is 63.1 Å². The first-order valence-electron chi connectivity index (χ1n) is 4.74. The number of hydrogen-bond acceptors (Lipinski definition) is 4. The monoisotopic (exact) mass is 268 g/mol. The maximum atomic E-state index is 13.1. The van der Waals surface area contributed by atoms with Gasteiger partial charge in [0.1, 0.15) is 5.82 Å². The minimum atomic E-state index is -1.35. The second kappa shape index (κ2) is 5.09. The van der Waals surface area contributed by atoms with Crippen molar-refractivity contribution in [2.24, 2.45) is 0 Å². The van der Waals surface area contributed by atoms with Crippen LogP contribution in [0.4, 0.5) is 8.78 Å². The van der Waals surface area contributed by atoms with Gasteiger partial charge in [-0.1, -0.05) is 0 Å². The van der Waals surface area contributed by atoms with Crippen molar-refractivity contribution in [3.63, 3.8) is 0 Å². The maximum absolute atomic E-state index is 13.1. The molecule has 0 unspecified atom stereocenters. The van der Waals surface area contributed by atoms with Crippen molar-refractivity contribution in [2.45, 2.75) is 10.1 Å². The molecule has 2 aromatic rings. The molecule has 0 amide bonds. The molecule has 0 saturated carbocycles. The van der Waals surface area contributed by atoms with E-state index in [2.05, 4.69) is 9.97 Å². The molecule has 1 aromatic heterocycles. The Kier molecular flexibility index (Phi) is 3.52. The number of aromatic carboxylic acids is 1. The van der Waals surface area contributed by atoms with Crippen LogP contribution < -0.4 is 0 Å². The summed E-state index contributed by atoms with van der Waals surface area (Å²) in [7, 11) is 0. The van der Waals surface area contributed by atoms with E-state index in [0.29, 0.717) is 4.90 Å². The van der Waals surface area contributed by atoms with Gasteiger partial charge in [0.05, 0.1) is 18.0 Å². The smallest absolute Gasteiger partial charge is 0.338 e. The predicted octanol–water partition coefficient (Wildman–Crippen LogP) is 2.60. The molecule has 0 aliphatic heterocycles. The fourth-order valence-electron chi connectivity index (χ4n) is 1.19. The minimum Gasteiger partial charge on any atom is -0.478 e. The van der Waals surface area contributed by atoms with E-state index in [1.165, 1.54) is 12.1 Å². The molecule has 1 aromatic carbocycles. The van der Waals surface area contributed by atoms with E-state index in [0.717, 1.165) is 30.2 Å². The van der Waals surface area contributed by atoms with Crippen LogP contribution in [0.5, 0.6) is 0 Å². The zero-order valence-electron chi connectivity index (χ0n) is 8.80. The predicted molar refractivity (Wildman–Crippen MR) is 59.5 cm³/mol. The summed E-state index contributed by atoms with van der Waals surface area (Å²) in [6, 6.07) is 3.63. The van der Waals surface area contributed by atoms with Gasteiger partial charge in [-0.15, -0.1) is 0 Å². The van der Waals surface area contributed by atoms with Crippen molar-refractivity contribution in [1.29, 1.82) is 0 Å². The van der Waals surface area contributed by atoms with Crippen molar-refractivity contribution in [2.75, 3.05) is 0 Å². The summed E-state index contributed by atoms with van der Waals surface area (Å²) in [5.74, 6) is -2.73. The molecule has 0 fully saturated rings. The maximum Gasteiger partial charge on any atom is 0.338 e. The molecular formula is C11H6F2N2O2S. The molecule has 0 bridgehead atoms. The first kappa shape index (κ1) is 12.4. The van der Waals surface area contributed by atoms with Gasteiger partial charge in [-0.25, -0.2) is 23.5 Å². The number of halogens is 2. The van der Waals surface area contributed by atoms with Crippen molar-refractivity contribution >= 4 is 17.7 Å². The van der Waals surface area contributed by atoms with Crippen LogP contribution in [0.1, 0.15) is 10.4 Å². The highest BCUT2D eigenvalue weighted by atomic mass is 32.2. The van der Waals surface area contributed by atoms with Crippen LogP contribution in [0.15, 0.2) is 40.6 Å². The lowest BCUT2D eigenvalue weighted by molar-refractivity contribution is 0.0691. The highest BCUT2D eigenvalue weighted by Gasteiger charge is 2.12. The van der Waals surface area contributed by atoms with Crippen LogP contribution in [0, 0.1) is 11.6 Å². The number of hydrogen-bond donors (Lipinski definition) is 1. The van der Waals surface area contributed by atoms with Crippen molar-refractivity contribution in [3.05, 3.63) is 47.8 Å². The van der Waals surface area contributed by atoms with Gasteiger partial charge in [0, 0.05) is 4.90 Å². The summed E-state index contributed by atoms with van der Waals surface area (Å²) < 4.78 is 25.7. The zero-order valence-corrected chi connectivity index (χ0v) is 9.62. The number of carboxylic acids is 1. The fraction of sp³-hybridized carbons (Fsp3) is 0. The largest absolute Gasteiger partial charge is 0.478 e. The van der Waals surface area contributed by atoms with Crippen LogP contribution >= 0.6 is 11.8 Å². The van der Waals surface area contributed by atoms with E-state index in [1.54, 1.807) is 0 Å². The van der Waals surface area contributed by atoms with Gasteiger partial charge in [-0.2, -0.15) is 0 Å². The van der Waals surface area contributed by atoms with Gasteiger partial charge in [-0.05, 0) is 30.0 Å². The molecule has 7 heteroatoms. The van der Waals surface area contributed by atoms with Crippen LogP contribution in [0.3, 0.4) is 0 Å². The molecule has 0 aliphatic carbocycles. The molecule has 0 atom stereocenters. The number of aromatic nitrogens is 2. The van der Waals surface area contributed by atoms with E-state index in [4.69, 9.17) is 5.11 Å². The standard InChI is InChI=1S/C11H6F2N2O2S/c12-6-4-14-11(15-5-6)18-7-1-2-9(13)8(3-7)10(16)17/h1-5H,(H,16,17). The third kappa shape index (κ3) is 2.80. The van der Waals surface area contributed by atoms with Crippen molar-refractivity contribution in [1.82, 2.24) is 9.97 Å². The molecule has 0 saturated heterocycles. The van der Waals surface area contributed by atoms with Crippen molar-refractivity contribution < 1.29 is 18.7 Å². The van der Waals surface area contributed by atoms with E-state index in [-0.39, 0.29) is 5.16 Å². The lowest BCUT2D eigenvalue weighted by Crippen LogP contribution is -2.00. The zero-order chi connectivity index (χ0) is 13.1. The molecular weight excluding hydrogens is 262 g/mol. The summed E-state index contributed by atoms with van der Waals surface area (Å²) in [5, 5.41) is 9.01. The molecule has 18 heavy (non-hydrogen) atoms. The Morgan fingerprint density at radius 3 is 2.50 bits per heavy atom. The summed E-state index contributed by atoms with van der Waals surface area (Å²) in [5.41, 5.74) is -0.429. The minimum absolute atomic E-state index is 0.249. The molecule has 1 N–H and O–H groups in total. The van der Waals surface area contributed by atoms with Crippen LogP contribution in [-0.2, 0) is 0 Å². The number of rotatable bonds is 3. The Morgan fingerprint density at radius 2 is 1.89 bits per heavy atom. The molecule has 1 heterocycles. The van der Waals surface area contributed by atoms with Gasteiger partial charge < -0.3 is 5.11 Å². The number of carbonyl (C=O) groups is 1. The Hall–Kier alpha value is -2.02. The average Bonchev–Trinajstić information content (AvgIpc) is 2.34. The van der Waals surface area contributed by atoms with Crippen LogP contribution in [-0.4, -0.2) is 21.0 Å². The molecule has 0 spiro atoms. The van der Waals surface area contributed by atoms with Gasteiger partial charge >= 0.3 is 5.97 Å². The lowest BCUT2D eigenvalue weighted by atomic mass is 10.2. The van der Waals surface area contributed by atoms with E-state index < -0.39 is 23.2 Å². The molecule has 0 aliphatic rings. The number of carboxylic acid groups (broad SMARTS) is 1. The quantitative estimate of drug-likeness (QED) is 0.867. The summed E-state index contributed by atoms with van der Waals surface area (Å²) >= 11 is 1.02. The van der Waals surface area contributed by atoms with Gasteiger partial charge in [0.2, 0.25) is 0 Å². The third-order valence-electron chi connectivity index (χ3n) is 1.97. The molecule has 2 rings (SSSR count). The second-order valence-electron chi connectivity index (χ2n) is 3.23. The highest BCUT2D eigenvalue weighted by molar-refractivity contribution is 7.99. The molecule has 4 nitrogen and oxygen atoms in total. The van der Waals surface area contributed by atoms with Gasteiger partial charge in [-0.3, -0.25) is 0 Å². The molecule has 92 valence electrons. The fourth-order valence-corrected chi connectivity index (χ4v) is 1.92. The van der Waals surface area contributed by atoms with Crippen LogP contribution in [0.2, 0.25) is 0 Å². The Bertz CT molecular complexity index is 590. The number of nitrogens with zero attached hydrogens (tertiary/aromatic N) is 2. The Balaban J connectivity index is 2.27. The van der Waals surface area contributed by atoms with Crippen LogP contribution in [0.25, 0.3) is 0 Å². The third-order valence-corrected chi connectivity index (χ3v) is 2.86. The summed E-state index contributed by atoms with van der Waals surface area (Å²) in [4.78, 5) is 18.6. The SMILES string of the molecule is O=C(O)c1cc(Sc2ncc(F)cn2)ccc1F. The van der Waals surface area contributed by atoms with Gasteiger partial charge in [0.15, 0.2) is 11.0 Å². The van der Waals surface area contributed by atoms with E-state index in [1.807, 2.05) is 0 Å². The normalized spacial score (nSPS) is 10.3.